The number of carboxylic acids is 2. The van der Waals surface area contributed by atoms with E-state index < -0.39 is 11.9 Å². The second-order valence-corrected chi connectivity index (χ2v) is 6.59. The summed E-state index contributed by atoms with van der Waals surface area (Å²) in [5, 5.41) is 21.9. The normalized spacial score (nSPS) is 21.5. The molecule has 26 heavy (non-hydrogen) atoms. The Morgan fingerprint density at radius 3 is 2.12 bits per heavy atom. The number of nitrogens with one attached hydrogen (secondary N) is 1. The molecule has 0 aliphatic carbocycles. The van der Waals surface area contributed by atoms with Gasteiger partial charge >= 0.3 is 11.9 Å². The maximum absolute atomic E-state index is 9.55. The maximum atomic E-state index is 9.55. The summed E-state index contributed by atoms with van der Waals surface area (Å²) in [6, 6.07) is 15.4. The van der Waals surface area contributed by atoms with Gasteiger partial charge in [0.1, 0.15) is 0 Å². The fraction of sp³-hybridized carbons (Fsp3) is 0.300. The SMILES string of the molecule is O=C(O)/C=C\C(=O)O.c1ccc2c(N3CC4CNCC4C3)cccc2c1. The maximum Gasteiger partial charge on any atom is 0.328 e. The summed E-state index contributed by atoms with van der Waals surface area (Å²) in [4.78, 5) is 21.7. The zero-order chi connectivity index (χ0) is 18.5. The summed E-state index contributed by atoms with van der Waals surface area (Å²) >= 11 is 0. The Hall–Kier alpha value is -2.86. The number of fused-ring (bicyclic) bond motifs is 2. The molecule has 0 radical (unpaired) electrons. The minimum atomic E-state index is -1.26. The molecule has 2 heterocycles. The molecule has 0 aromatic heterocycles. The number of rotatable bonds is 3. The molecular formula is C20H22N2O4. The van der Waals surface area contributed by atoms with E-state index in [0.29, 0.717) is 12.2 Å². The van der Waals surface area contributed by atoms with E-state index in [1.807, 2.05) is 0 Å². The van der Waals surface area contributed by atoms with Crippen LogP contribution < -0.4 is 10.2 Å². The minimum absolute atomic E-state index is 0.558. The van der Waals surface area contributed by atoms with Crippen molar-refractivity contribution in [1.29, 1.82) is 0 Å². The molecule has 0 saturated carbocycles. The lowest BCUT2D eigenvalue weighted by Crippen LogP contribution is -2.25. The lowest BCUT2D eigenvalue weighted by atomic mass is 10.0. The van der Waals surface area contributed by atoms with Gasteiger partial charge in [0.2, 0.25) is 0 Å². The van der Waals surface area contributed by atoms with Crippen LogP contribution in [-0.2, 0) is 9.59 Å². The van der Waals surface area contributed by atoms with Crippen molar-refractivity contribution in [1.82, 2.24) is 5.32 Å². The van der Waals surface area contributed by atoms with Crippen molar-refractivity contribution in [3.63, 3.8) is 0 Å². The van der Waals surface area contributed by atoms with E-state index in [9.17, 15) is 9.59 Å². The highest BCUT2D eigenvalue weighted by Gasteiger charge is 2.36. The van der Waals surface area contributed by atoms with Crippen LogP contribution in [0.3, 0.4) is 0 Å². The standard InChI is InChI=1S/C16H18N2.C4H4O4/c1-2-6-15-12(4-1)5-3-7-16(15)18-10-13-8-17-9-14(13)11-18;5-3(6)1-2-4(7)8/h1-7,13-14,17H,8-11H2;1-2H,(H,5,6)(H,7,8)/b;2-1-. The van der Waals surface area contributed by atoms with Gasteiger partial charge in [-0.1, -0.05) is 36.4 Å². The van der Waals surface area contributed by atoms with Crippen LogP contribution in [0, 0.1) is 11.8 Å². The predicted molar refractivity (Wildman–Crippen MR) is 100 cm³/mol. The highest BCUT2D eigenvalue weighted by Crippen LogP contribution is 2.34. The Kier molecular flexibility index (Phi) is 5.53. The van der Waals surface area contributed by atoms with Gasteiger partial charge in [0, 0.05) is 49.4 Å². The Labute approximate surface area is 151 Å². The smallest absolute Gasteiger partial charge is 0.328 e. The Morgan fingerprint density at radius 1 is 0.923 bits per heavy atom. The molecule has 0 amide bonds. The van der Waals surface area contributed by atoms with Gasteiger partial charge in [0.05, 0.1) is 0 Å². The van der Waals surface area contributed by atoms with E-state index in [-0.39, 0.29) is 0 Å². The van der Waals surface area contributed by atoms with Crippen LogP contribution in [0.4, 0.5) is 5.69 Å². The van der Waals surface area contributed by atoms with Crippen molar-refractivity contribution in [2.24, 2.45) is 11.8 Å². The van der Waals surface area contributed by atoms with Crippen LogP contribution in [0.1, 0.15) is 0 Å². The van der Waals surface area contributed by atoms with Gasteiger partial charge in [-0.05, 0) is 23.3 Å². The lowest BCUT2D eigenvalue weighted by Gasteiger charge is -2.21. The van der Waals surface area contributed by atoms with Crippen molar-refractivity contribution >= 4 is 28.4 Å². The van der Waals surface area contributed by atoms with E-state index >= 15 is 0 Å². The van der Waals surface area contributed by atoms with Crippen molar-refractivity contribution in [2.75, 3.05) is 31.1 Å². The zero-order valence-corrected chi connectivity index (χ0v) is 14.3. The third-order valence-electron chi connectivity index (χ3n) is 4.87. The average Bonchev–Trinajstić information content (AvgIpc) is 3.22. The van der Waals surface area contributed by atoms with E-state index in [1.165, 1.54) is 42.6 Å². The molecule has 136 valence electrons. The summed E-state index contributed by atoms with van der Waals surface area (Å²) in [5.74, 6) is -0.812. The summed E-state index contributed by atoms with van der Waals surface area (Å²) in [7, 11) is 0. The first-order valence-corrected chi connectivity index (χ1v) is 8.62. The number of benzene rings is 2. The van der Waals surface area contributed by atoms with Crippen LogP contribution in [-0.4, -0.2) is 48.3 Å². The fourth-order valence-electron chi connectivity index (χ4n) is 3.68. The molecule has 6 nitrogen and oxygen atoms in total. The minimum Gasteiger partial charge on any atom is -0.478 e. The van der Waals surface area contributed by atoms with E-state index in [2.05, 4.69) is 52.7 Å². The highest BCUT2D eigenvalue weighted by molar-refractivity contribution is 5.94. The average molecular weight is 354 g/mol. The second-order valence-electron chi connectivity index (χ2n) is 6.59. The van der Waals surface area contributed by atoms with Crippen molar-refractivity contribution in [3.05, 3.63) is 54.6 Å². The van der Waals surface area contributed by atoms with Gasteiger partial charge in [-0.3, -0.25) is 0 Å². The van der Waals surface area contributed by atoms with Crippen molar-refractivity contribution < 1.29 is 19.8 Å². The quantitative estimate of drug-likeness (QED) is 0.732. The zero-order valence-electron chi connectivity index (χ0n) is 14.3. The van der Waals surface area contributed by atoms with E-state index in [4.69, 9.17) is 10.2 Å². The molecular weight excluding hydrogens is 332 g/mol. The Bertz CT molecular complexity index is 800. The Balaban J connectivity index is 0.000000211. The lowest BCUT2D eigenvalue weighted by molar-refractivity contribution is -0.134. The van der Waals surface area contributed by atoms with Crippen LogP contribution in [0.25, 0.3) is 10.8 Å². The first-order valence-electron chi connectivity index (χ1n) is 8.62. The number of nitrogens with zero attached hydrogens (tertiary/aromatic N) is 1. The third-order valence-corrected chi connectivity index (χ3v) is 4.87. The van der Waals surface area contributed by atoms with Crippen LogP contribution in [0.15, 0.2) is 54.6 Å². The van der Waals surface area contributed by atoms with Gasteiger partial charge in [0.25, 0.3) is 0 Å². The molecule has 2 atom stereocenters. The highest BCUT2D eigenvalue weighted by atomic mass is 16.4. The van der Waals surface area contributed by atoms with Gasteiger partial charge in [-0.25, -0.2) is 9.59 Å². The van der Waals surface area contributed by atoms with Crippen molar-refractivity contribution in [3.8, 4) is 0 Å². The molecule has 0 spiro atoms. The van der Waals surface area contributed by atoms with Crippen LogP contribution >= 0.6 is 0 Å². The van der Waals surface area contributed by atoms with Crippen LogP contribution in [0.5, 0.6) is 0 Å². The molecule has 2 aromatic carbocycles. The first-order chi connectivity index (χ1) is 12.5. The molecule has 0 bridgehead atoms. The molecule has 2 aromatic rings. The van der Waals surface area contributed by atoms with Gasteiger partial charge in [-0.15, -0.1) is 0 Å². The largest absolute Gasteiger partial charge is 0.478 e. The fourth-order valence-corrected chi connectivity index (χ4v) is 3.68. The van der Waals surface area contributed by atoms with E-state index in [1.54, 1.807) is 0 Å². The van der Waals surface area contributed by atoms with Crippen molar-refractivity contribution in [2.45, 2.75) is 0 Å². The van der Waals surface area contributed by atoms with E-state index in [0.717, 1.165) is 11.8 Å². The molecule has 2 saturated heterocycles. The number of anilines is 1. The van der Waals surface area contributed by atoms with Crippen LogP contribution in [0.2, 0.25) is 0 Å². The molecule has 3 N–H and O–H groups in total. The predicted octanol–water partition coefficient (Wildman–Crippen LogP) is 2.21. The monoisotopic (exact) mass is 354 g/mol. The molecule has 2 aliphatic heterocycles. The molecule has 6 heteroatoms. The third kappa shape index (κ3) is 4.21. The molecule has 2 aliphatic rings. The first kappa shape index (κ1) is 17.9. The number of hydrogen-bond acceptors (Lipinski definition) is 4. The summed E-state index contributed by atoms with van der Waals surface area (Å²) in [5.41, 5.74) is 1.42. The number of carboxylic acid groups (broad SMARTS) is 2. The topological polar surface area (TPSA) is 89.9 Å². The van der Waals surface area contributed by atoms with Gasteiger partial charge in [0.15, 0.2) is 0 Å². The van der Waals surface area contributed by atoms with Gasteiger partial charge < -0.3 is 20.4 Å². The second kappa shape index (κ2) is 8.01. The Morgan fingerprint density at radius 2 is 1.50 bits per heavy atom. The summed E-state index contributed by atoms with van der Waals surface area (Å²) < 4.78 is 0. The number of hydrogen-bond donors (Lipinski definition) is 3. The molecule has 4 rings (SSSR count). The molecule has 2 unspecified atom stereocenters. The summed E-state index contributed by atoms with van der Waals surface area (Å²) in [6.45, 7) is 4.83. The summed E-state index contributed by atoms with van der Waals surface area (Å²) in [6.07, 6.45) is 1.12. The number of carbonyl (C=O) groups is 2. The van der Waals surface area contributed by atoms with Gasteiger partial charge in [-0.2, -0.15) is 0 Å². The number of aliphatic carboxylic acids is 2. The molecule has 2 fully saturated rings.